The molecule has 0 aromatic rings. The maximum atomic E-state index is 11.2. The Labute approximate surface area is 139 Å². The zero-order valence-corrected chi connectivity index (χ0v) is 14.1. The van der Waals surface area contributed by atoms with E-state index in [1.54, 1.807) is 0 Å². The number of carbonyl (C=O) groups excluding carboxylic acids is 2. The van der Waals surface area contributed by atoms with E-state index in [0.29, 0.717) is 19.3 Å². The van der Waals surface area contributed by atoms with Crippen molar-refractivity contribution in [3.05, 3.63) is 0 Å². The van der Waals surface area contributed by atoms with Crippen LogP contribution < -0.4 is 0 Å². The fourth-order valence-corrected chi connectivity index (χ4v) is 2.26. The van der Waals surface area contributed by atoms with Gasteiger partial charge in [-0.25, -0.2) is 4.79 Å². The molecule has 0 spiro atoms. The van der Waals surface area contributed by atoms with E-state index in [1.165, 1.54) is 19.3 Å². The highest BCUT2D eigenvalue weighted by Gasteiger charge is 2.03. The molecule has 0 aromatic carbocycles. The van der Waals surface area contributed by atoms with Crippen LogP contribution in [-0.2, 0) is 19.4 Å². The van der Waals surface area contributed by atoms with Gasteiger partial charge in [0.1, 0.15) is 12.4 Å². The standard InChI is InChI=1S/C17H32O6/c18-13-12-16(20)10-8-6-4-2-1-3-5-7-9-11-17(21)23-22-15-14-19/h18-19H,1-15H2. The second kappa shape index (κ2) is 17.4. The van der Waals surface area contributed by atoms with E-state index in [2.05, 4.69) is 9.78 Å². The third-order valence-electron chi connectivity index (χ3n) is 3.55. The Balaban J connectivity index is 3.16. The summed E-state index contributed by atoms with van der Waals surface area (Å²) in [5.41, 5.74) is 0. The molecule has 0 aliphatic carbocycles. The van der Waals surface area contributed by atoms with Gasteiger partial charge in [0, 0.05) is 25.9 Å². The average Bonchev–Trinajstić information content (AvgIpc) is 2.53. The van der Waals surface area contributed by atoms with Crippen LogP contribution in [0.15, 0.2) is 0 Å². The van der Waals surface area contributed by atoms with Crippen molar-refractivity contribution in [2.24, 2.45) is 0 Å². The van der Waals surface area contributed by atoms with Crippen LogP contribution in [0.3, 0.4) is 0 Å². The summed E-state index contributed by atoms with van der Waals surface area (Å²) in [6.07, 6.45) is 10.9. The van der Waals surface area contributed by atoms with Crippen molar-refractivity contribution >= 4 is 11.8 Å². The maximum absolute atomic E-state index is 11.2. The van der Waals surface area contributed by atoms with Crippen LogP contribution in [-0.4, -0.2) is 41.8 Å². The third kappa shape index (κ3) is 17.2. The SMILES string of the molecule is O=C(CCO)CCCCCCCCCCCC(=O)OOCCO. The molecule has 0 saturated heterocycles. The monoisotopic (exact) mass is 332 g/mol. The molecule has 0 heterocycles. The molecule has 0 aromatic heterocycles. The topological polar surface area (TPSA) is 93.1 Å². The molecule has 0 fully saturated rings. The van der Waals surface area contributed by atoms with Gasteiger partial charge < -0.3 is 10.2 Å². The van der Waals surface area contributed by atoms with Crippen LogP contribution in [0.5, 0.6) is 0 Å². The molecule has 0 radical (unpaired) electrons. The lowest BCUT2D eigenvalue weighted by molar-refractivity contribution is -0.275. The van der Waals surface area contributed by atoms with Crippen molar-refractivity contribution in [3.8, 4) is 0 Å². The van der Waals surface area contributed by atoms with Gasteiger partial charge in [0.2, 0.25) is 0 Å². The normalized spacial score (nSPS) is 10.7. The van der Waals surface area contributed by atoms with Gasteiger partial charge in [-0.05, 0) is 12.8 Å². The Morgan fingerprint density at radius 1 is 0.652 bits per heavy atom. The first kappa shape index (κ1) is 22.0. The van der Waals surface area contributed by atoms with Crippen LogP contribution in [0, 0.1) is 0 Å². The van der Waals surface area contributed by atoms with Crippen LogP contribution in [0.25, 0.3) is 0 Å². The summed E-state index contributed by atoms with van der Waals surface area (Å²) < 4.78 is 0. The molecule has 2 N–H and O–H groups in total. The highest BCUT2D eigenvalue weighted by atomic mass is 17.2. The summed E-state index contributed by atoms with van der Waals surface area (Å²) in [5, 5.41) is 17.1. The Bertz CT molecular complexity index is 293. The Morgan fingerprint density at radius 2 is 1.17 bits per heavy atom. The predicted molar refractivity (Wildman–Crippen MR) is 86.6 cm³/mol. The predicted octanol–water partition coefficient (Wildman–Crippen LogP) is 2.70. The van der Waals surface area contributed by atoms with E-state index in [-0.39, 0.29) is 31.6 Å². The minimum Gasteiger partial charge on any atom is -0.396 e. The number of Topliss-reactive ketones (excluding diaryl/α,β-unsaturated/α-hetero) is 1. The lowest BCUT2D eigenvalue weighted by Crippen LogP contribution is -2.07. The average molecular weight is 332 g/mol. The van der Waals surface area contributed by atoms with Gasteiger partial charge in [-0.15, -0.1) is 0 Å². The van der Waals surface area contributed by atoms with Gasteiger partial charge in [-0.3, -0.25) is 9.68 Å². The zero-order chi connectivity index (χ0) is 17.2. The molecular weight excluding hydrogens is 300 g/mol. The van der Waals surface area contributed by atoms with Gasteiger partial charge >= 0.3 is 5.97 Å². The quantitative estimate of drug-likeness (QED) is 0.242. The molecule has 0 amide bonds. The number of carbonyl (C=O) groups is 2. The number of ketones is 1. The molecule has 0 saturated carbocycles. The highest BCUT2D eigenvalue weighted by molar-refractivity contribution is 5.78. The van der Waals surface area contributed by atoms with Crippen LogP contribution in [0.1, 0.15) is 77.0 Å². The fourth-order valence-electron chi connectivity index (χ4n) is 2.26. The minimum absolute atomic E-state index is 0.0152. The van der Waals surface area contributed by atoms with Crippen molar-refractivity contribution in [1.82, 2.24) is 0 Å². The summed E-state index contributed by atoms with van der Waals surface area (Å²) in [7, 11) is 0. The molecule has 0 bridgehead atoms. The molecular formula is C17H32O6. The molecule has 6 nitrogen and oxygen atoms in total. The highest BCUT2D eigenvalue weighted by Crippen LogP contribution is 2.12. The molecule has 6 heteroatoms. The lowest BCUT2D eigenvalue weighted by Gasteiger charge is -2.03. The van der Waals surface area contributed by atoms with E-state index in [0.717, 1.165) is 38.5 Å². The van der Waals surface area contributed by atoms with Crippen molar-refractivity contribution in [3.63, 3.8) is 0 Å². The number of unbranched alkanes of at least 4 members (excludes halogenated alkanes) is 8. The summed E-state index contributed by atoms with van der Waals surface area (Å²) in [6.45, 7) is -0.181. The van der Waals surface area contributed by atoms with Gasteiger partial charge in [0.05, 0.1) is 6.61 Å². The molecule has 0 atom stereocenters. The van der Waals surface area contributed by atoms with Crippen LogP contribution >= 0.6 is 0 Å². The van der Waals surface area contributed by atoms with E-state index in [4.69, 9.17) is 10.2 Å². The first-order valence-corrected chi connectivity index (χ1v) is 8.76. The smallest absolute Gasteiger partial charge is 0.342 e. The van der Waals surface area contributed by atoms with Crippen molar-refractivity contribution in [2.75, 3.05) is 19.8 Å². The van der Waals surface area contributed by atoms with Crippen molar-refractivity contribution in [1.29, 1.82) is 0 Å². The Morgan fingerprint density at radius 3 is 1.70 bits per heavy atom. The molecule has 0 aliphatic rings. The van der Waals surface area contributed by atoms with Gasteiger partial charge in [-0.2, -0.15) is 4.89 Å². The van der Waals surface area contributed by atoms with E-state index in [1.807, 2.05) is 0 Å². The minimum atomic E-state index is -0.380. The lowest BCUT2D eigenvalue weighted by atomic mass is 10.0. The largest absolute Gasteiger partial charge is 0.396 e. The van der Waals surface area contributed by atoms with E-state index < -0.39 is 0 Å². The Hall–Kier alpha value is -0.980. The van der Waals surface area contributed by atoms with Gasteiger partial charge in [-0.1, -0.05) is 44.9 Å². The summed E-state index contributed by atoms with van der Waals surface area (Å²) in [6, 6.07) is 0. The number of hydrogen-bond acceptors (Lipinski definition) is 6. The summed E-state index contributed by atoms with van der Waals surface area (Å²) >= 11 is 0. The second-order valence-electron chi connectivity index (χ2n) is 5.70. The fraction of sp³-hybridized carbons (Fsp3) is 0.882. The van der Waals surface area contributed by atoms with Crippen LogP contribution in [0.4, 0.5) is 0 Å². The molecule has 23 heavy (non-hydrogen) atoms. The van der Waals surface area contributed by atoms with Gasteiger partial charge in [0.15, 0.2) is 0 Å². The third-order valence-corrected chi connectivity index (χ3v) is 3.55. The second-order valence-corrected chi connectivity index (χ2v) is 5.70. The molecule has 0 unspecified atom stereocenters. The van der Waals surface area contributed by atoms with E-state index >= 15 is 0 Å². The first-order chi connectivity index (χ1) is 11.2. The summed E-state index contributed by atoms with van der Waals surface area (Å²) in [5.74, 6) is -0.220. The van der Waals surface area contributed by atoms with Crippen molar-refractivity contribution < 1.29 is 29.6 Å². The van der Waals surface area contributed by atoms with Crippen LogP contribution in [0.2, 0.25) is 0 Å². The number of hydrogen-bond donors (Lipinski definition) is 2. The number of aliphatic hydroxyl groups excluding tert-OH is 2. The molecule has 0 aliphatic heterocycles. The van der Waals surface area contributed by atoms with Gasteiger partial charge in [0.25, 0.3) is 0 Å². The van der Waals surface area contributed by atoms with E-state index in [9.17, 15) is 9.59 Å². The molecule has 136 valence electrons. The summed E-state index contributed by atoms with van der Waals surface area (Å²) in [4.78, 5) is 31.3. The van der Waals surface area contributed by atoms with Crippen molar-refractivity contribution in [2.45, 2.75) is 77.0 Å². The number of rotatable bonds is 17. The zero-order valence-electron chi connectivity index (χ0n) is 14.1. The Kier molecular flexibility index (Phi) is 16.6. The maximum Gasteiger partial charge on any atom is 0.342 e. The molecule has 0 rings (SSSR count). The number of aliphatic hydroxyl groups is 2. The first-order valence-electron chi connectivity index (χ1n) is 8.76.